The highest BCUT2D eigenvalue weighted by Crippen LogP contribution is 2.57. The highest BCUT2D eigenvalue weighted by Gasteiger charge is 2.51. The minimum absolute atomic E-state index is 0.0619. The number of Topliss-reactive ketones (excluding diaryl/α,β-unsaturated/α-hetero) is 1. The Morgan fingerprint density at radius 3 is 2.45 bits per heavy atom. The molecular formula is C11H19F3O4S2. The second kappa shape index (κ2) is 6.23. The van der Waals surface area contributed by atoms with Crippen LogP contribution < -0.4 is 0 Å². The summed E-state index contributed by atoms with van der Waals surface area (Å²) in [5, 5.41) is 0. The molecule has 1 aliphatic heterocycles. The minimum Gasteiger partial charge on any atom is -0.299 e. The van der Waals surface area contributed by atoms with E-state index in [9.17, 15) is 26.4 Å². The van der Waals surface area contributed by atoms with Crippen molar-refractivity contribution in [3.63, 3.8) is 0 Å². The first-order chi connectivity index (χ1) is 9.01. The van der Waals surface area contributed by atoms with Gasteiger partial charge < -0.3 is 0 Å². The van der Waals surface area contributed by atoms with Crippen molar-refractivity contribution in [3.05, 3.63) is 0 Å². The summed E-state index contributed by atoms with van der Waals surface area (Å²) in [6.07, 6.45) is 1.56. The topological polar surface area (TPSA) is 60.4 Å². The molecule has 0 aromatic rings. The number of carbonyl (C=O) groups is 1. The second-order valence-corrected chi connectivity index (χ2v) is 9.97. The number of hydrogen-bond donors (Lipinski definition) is 0. The van der Waals surface area contributed by atoms with E-state index in [1.165, 1.54) is 0 Å². The van der Waals surface area contributed by atoms with Crippen LogP contribution >= 0.6 is 10.3 Å². The van der Waals surface area contributed by atoms with Gasteiger partial charge in [0.2, 0.25) is 0 Å². The van der Waals surface area contributed by atoms with Gasteiger partial charge >= 0.3 is 15.6 Å². The zero-order chi connectivity index (χ0) is 15.6. The summed E-state index contributed by atoms with van der Waals surface area (Å²) in [6.45, 7) is 3.43. The Morgan fingerprint density at radius 2 is 2.00 bits per heavy atom. The van der Waals surface area contributed by atoms with E-state index in [1.807, 2.05) is 6.92 Å². The lowest BCUT2D eigenvalue weighted by atomic mass is 10.1. The van der Waals surface area contributed by atoms with Crippen LogP contribution in [0.3, 0.4) is 0 Å². The molecule has 0 spiro atoms. The van der Waals surface area contributed by atoms with Gasteiger partial charge in [-0.1, -0.05) is 13.8 Å². The van der Waals surface area contributed by atoms with Gasteiger partial charge in [-0.25, -0.2) is 3.63 Å². The molecule has 0 radical (unpaired) electrons. The lowest BCUT2D eigenvalue weighted by Gasteiger charge is -2.43. The van der Waals surface area contributed by atoms with Crippen molar-refractivity contribution in [3.8, 4) is 0 Å². The fraction of sp³-hybridized carbons (Fsp3) is 0.909. The predicted octanol–water partition coefficient (Wildman–Crippen LogP) is 2.98. The molecule has 0 amide bonds. The smallest absolute Gasteiger partial charge is 0.299 e. The van der Waals surface area contributed by atoms with Crippen LogP contribution in [0.5, 0.6) is 0 Å². The van der Waals surface area contributed by atoms with E-state index < -0.39 is 25.9 Å². The molecule has 1 rings (SSSR count). The minimum atomic E-state index is -5.65. The van der Waals surface area contributed by atoms with E-state index in [2.05, 4.69) is 3.63 Å². The molecule has 120 valence electrons. The SMILES string of the molecule is CCC(=O)CS1(OS(=O)(=O)C(F)(F)F)CCCC(C)C1. The number of rotatable bonds is 5. The first kappa shape index (κ1) is 17.8. The molecule has 0 saturated carbocycles. The maximum absolute atomic E-state index is 12.5. The van der Waals surface area contributed by atoms with E-state index in [-0.39, 0.29) is 35.4 Å². The number of halogens is 3. The molecule has 2 atom stereocenters. The van der Waals surface area contributed by atoms with Crippen LogP contribution in [-0.2, 0) is 18.5 Å². The summed E-state index contributed by atoms with van der Waals surface area (Å²) in [6, 6.07) is 0. The lowest BCUT2D eigenvalue weighted by Crippen LogP contribution is -2.34. The van der Waals surface area contributed by atoms with Crippen molar-refractivity contribution in [2.75, 3.05) is 17.3 Å². The largest absolute Gasteiger partial charge is 0.523 e. The van der Waals surface area contributed by atoms with Crippen LogP contribution in [-0.4, -0.2) is 37.0 Å². The van der Waals surface area contributed by atoms with Gasteiger partial charge in [-0.05, 0) is 18.8 Å². The Labute approximate surface area is 118 Å². The number of ketones is 1. The Balaban J connectivity index is 3.03. The van der Waals surface area contributed by atoms with Crippen molar-refractivity contribution in [1.29, 1.82) is 0 Å². The quantitative estimate of drug-likeness (QED) is 0.724. The maximum Gasteiger partial charge on any atom is 0.523 e. The standard InChI is InChI=1S/C11H19F3O4S2/c1-3-10(15)8-19(6-4-5-9(2)7-19)18-20(16,17)11(12,13)14/h9H,3-8H2,1-2H3. The Morgan fingerprint density at radius 1 is 1.40 bits per heavy atom. The molecule has 0 aromatic heterocycles. The van der Waals surface area contributed by atoms with Crippen LogP contribution in [0, 0.1) is 5.92 Å². The molecule has 1 heterocycles. The van der Waals surface area contributed by atoms with Gasteiger partial charge in [-0.15, -0.1) is 10.3 Å². The average Bonchev–Trinajstić information content (AvgIpc) is 2.26. The third-order valence-electron chi connectivity index (χ3n) is 3.14. The van der Waals surface area contributed by atoms with Gasteiger partial charge in [-0.2, -0.15) is 21.6 Å². The maximum atomic E-state index is 12.5. The fourth-order valence-corrected chi connectivity index (χ4v) is 7.85. The summed E-state index contributed by atoms with van der Waals surface area (Å²) in [5.41, 5.74) is -5.44. The summed E-state index contributed by atoms with van der Waals surface area (Å²) >= 11 is 0. The Hall–Kier alpha value is -0.280. The third-order valence-corrected chi connectivity index (χ3v) is 8.63. The van der Waals surface area contributed by atoms with Gasteiger partial charge in [-0.3, -0.25) is 4.79 Å². The molecule has 0 N–H and O–H groups in total. The monoisotopic (exact) mass is 336 g/mol. The average molecular weight is 336 g/mol. The van der Waals surface area contributed by atoms with Gasteiger partial charge in [0.1, 0.15) is 5.78 Å². The van der Waals surface area contributed by atoms with Gasteiger partial charge in [0.05, 0.1) is 5.75 Å². The first-order valence-corrected chi connectivity index (χ1v) is 9.79. The molecule has 4 nitrogen and oxygen atoms in total. The van der Waals surface area contributed by atoms with Crippen molar-refractivity contribution < 1.29 is 30.0 Å². The van der Waals surface area contributed by atoms with Gasteiger partial charge in [0.15, 0.2) is 0 Å². The van der Waals surface area contributed by atoms with Crippen molar-refractivity contribution in [1.82, 2.24) is 0 Å². The third kappa shape index (κ3) is 4.36. The molecule has 2 unspecified atom stereocenters. The van der Waals surface area contributed by atoms with E-state index in [0.29, 0.717) is 6.42 Å². The Kier molecular flexibility index (Phi) is 5.53. The highest BCUT2D eigenvalue weighted by molar-refractivity contribution is 8.33. The lowest BCUT2D eigenvalue weighted by molar-refractivity contribution is -0.116. The molecule has 1 saturated heterocycles. The Bertz CT molecular complexity index is 461. The van der Waals surface area contributed by atoms with Crippen LogP contribution in [0.25, 0.3) is 0 Å². The van der Waals surface area contributed by atoms with E-state index in [1.54, 1.807) is 6.92 Å². The van der Waals surface area contributed by atoms with Crippen molar-refractivity contribution >= 4 is 26.2 Å². The van der Waals surface area contributed by atoms with Crippen LogP contribution in [0.15, 0.2) is 0 Å². The molecule has 0 aliphatic carbocycles. The van der Waals surface area contributed by atoms with Crippen LogP contribution in [0.4, 0.5) is 13.2 Å². The molecule has 0 bridgehead atoms. The van der Waals surface area contributed by atoms with E-state index in [4.69, 9.17) is 0 Å². The molecule has 9 heteroatoms. The second-order valence-electron chi connectivity index (χ2n) is 5.09. The number of hydrogen-bond acceptors (Lipinski definition) is 4. The van der Waals surface area contributed by atoms with Crippen molar-refractivity contribution in [2.24, 2.45) is 5.92 Å². The van der Waals surface area contributed by atoms with Crippen molar-refractivity contribution in [2.45, 2.75) is 38.6 Å². The van der Waals surface area contributed by atoms with E-state index >= 15 is 0 Å². The van der Waals surface area contributed by atoms with E-state index in [0.717, 1.165) is 6.42 Å². The zero-order valence-corrected chi connectivity index (χ0v) is 13.0. The van der Waals surface area contributed by atoms with Gasteiger partial charge in [0, 0.05) is 17.9 Å². The fourth-order valence-electron chi connectivity index (χ4n) is 2.22. The highest BCUT2D eigenvalue weighted by atomic mass is 32.3. The summed E-state index contributed by atoms with van der Waals surface area (Å²) < 4.78 is 64.6. The molecule has 0 aromatic carbocycles. The number of alkyl halides is 3. The molecular weight excluding hydrogens is 317 g/mol. The summed E-state index contributed by atoms with van der Waals surface area (Å²) in [7, 11) is -8.20. The summed E-state index contributed by atoms with van der Waals surface area (Å²) in [4.78, 5) is 11.6. The molecule has 1 aliphatic rings. The first-order valence-electron chi connectivity index (χ1n) is 6.32. The van der Waals surface area contributed by atoms with Gasteiger partial charge in [0.25, 0.3) is 0 Å². The predicted molar refractivity (Wildman–Crippen MR) is 71.9 cm³/mol. The zero-order valence-electron chi connectivity index (χ0n) is 11.4. The normalized spacial score (nSPS) is 31.6. The van der Waals surface area contributed by atoms with Crippen LogP contribution in [0.2, 0.25) is 0 Å². The van der Waals surface area contributed by atoms with Crippen LogP contribution in [0.1, 0.15) is 33.1 Å². The number of carbonyl (C=O) groups excluding carboxylic acids is 1. The summed E-state index contributed by atoms with van der Waals surface area (Å²) in [5.74, 6) is 0.0635. The molecule has 20 heavy (non-hydrogen) atoms. The molecule has 1 fully saturated rings.